The summed E-state index contributed by atoms with van der Waals surface area (Å²) in [6.07, 6.45) is 3.63. The first-order valence-corrected chi connectivity index (χ1v) is 8.50. The molecule has 1 aromatic carbocycles. The molecule has 0 radical (unpaired) electrons. The van der Waals surface area contributed by atoms with E-state index in [1.165, 1.54) is 11.1 Å². The SMILES string of the molecule is CC(=O)CN(Cc1cccnc1)C(C)c1ccc(C(C)(C)C)cc1. The molecule has 0 amide bonds. The van der Waals surface area contributed by atoms with Crippen molar-refractivity contribution in [1.82, 2.24) is 9.88 Å². The van der Waals surface area contributed by atoms with Crippen LogP contribution in [0.15, 0.2) is 48.8 Å². The van der Waals surface area contributed by atoms with Gasteiger partial charge in [-0.15, -0.1) is 0 Å². The first kappa shape index (κ1) is 18.3. The van der Waals surface area contributed by atoms with Crippen molar-refractivity contribution in [1.29, 1.82) is 0 Å². The van der Waals surface area contributed by atoms with Crippen LogP contribution in [0.4, 0.5) is 0 Å². The van der Waals surface area contributed by atoms with Gasteiger partial charge >= 0.3 is 0 Å². The van der Waals surface area contributed by atoms with Crippen LogP contribution in [-0.4, -0.2) is 22.2 Å². The lowest BCUT2D eigenvalue weighted by molar-refractivity contribution is -0.118. The molecule has 1 heterocycles. The minimum absolute atomic E-state index is 0.149. The van der Waals surface area contributed by atoms with E-state index >= 15 is 0 Å². The van der Waals surface area contributed by atoms with Crippen LogP contribution in [0.1, 0.15) is 57.4 Å². The van der Waals surface area contributed by atoms with Crippen LogP contribution >= 0.6 is 0 Å². The lowest BCUT2D eigenvalue weighted by atomic mass is 9.86. The molecule has 1 aromatic heterocycles. The Hall–Kier alpha value is -2.00. The molecular weight excluding hydrogens is 296 g/mol. The Labute approximate surface area is 145 Å². The van der Waals surface area contributed by atoms with Gasteiger partial charge in [-0.25, -0.2) is 0 Å². The maximum Gasteiger partial charge on any atom is 0.143 e. The second-order valence-corrected chi connectivity index (χ2v) is 7.52. The van der Waals surface area contributed by atoms with Gasteiger partial charge in [0.05, 0.1) is 6.54 Å². The third-order valence-corrected chi connectivity index (χ3v) is 4.34. The Bertz CT molecular complexity index is 656. The maximum atomic E-state index is 11.7. The molecule has 2 aromatic rings. The largest absolute Gasteiger partial charge is 0.299 e. The molecule has 2 rings (SSSR count). The minimum Gasteiger partial charge on any atom is -0.299 e. The average Bonchev–Trinajstić information content (AvgIpc) is 2.53. The Balaban J connectivity index is 2.20. The lowest BCUT2D eigenvalue weighted by Crippen LogP contribution is -2.31. The first-order chi connectivity index (χ1) is 11.3. The number of carbonyl (C=O) groups is 1. The molecule has 0 N–H and O–H groups in total. The van der Waals surface area contributed by atoms with Gasteiger partial charge in [0.2, 0.25) is 0 Å². The molecule has 0 fully saturated rings. The van der Waals surface area contributed by atoms with Crippen molar-refractivity contribution < 1.29 is 4.79 Å². The Morgan fingerprint density at radius 1 is 1.17 bits per heavy atom. The predicted molar refractivity (Wildman–Crippen MR) is 98.9 cm³/mol. The van der Waals surface area contributed by atoms with E-state index in [2.05, 4.69) is 67.9 Å². The average molecular weight is 324 g/mol. The molecule has 0 bridgehead atoms. The Morgan fingerprint density at radius 3 is 2.33 bits per heavy atom. The molecule has 0 spiro atoms. The van der Waals surface area contributed by atoms with Gasteiger partial charge in [0, 0.05) is 25.0 Å². The van der Waals surface area contributed by atoms with Gasteiger partial charge in [-0.2, -0.15) is 0 Å². The van der Waals surface area contributed by atoms with E-state index in [4.69, 9.17) is 0 Å². The molecule has 3 heteroatoms. The lowest BCUT2D eigenvalue weighted by Gasteiger charge is -2.29. The number of carbonyl (C=O) groups excluding carboxylic acids is 1. The molecule has 1 atom stereocenters. The number of ketones is 1. The molecule has 1 unspecified atom stereocenters. The second-order valence-electron chi connectivity index (χ2n) is 7.52. The number of nitrogens with zero attached hydrogens (tertiary/aromatic N) is 2. The van der Waals surface area contributed by atoms with Crippen molar-refractivity contribution in [2.75, 3.05) is 6.54 Å². The third kappa shape index (κ3) is 5.00. The summed E-state index contributed by atoms with van der Waals surface area (Å²) in [4.78, 5) is 18.1. The topological polar surface area (TPSA) is 33.2 Å². The minimum atomic E-state index is 0.149. The normalized spacial score (nSPS) is 13.1. The van der Waals surface area contributed by atoms with E-state index in [0.29, 0.717) is 6.54 Å². The highest BCUT2D eigenvalue weighted by atomic mass is 16.1. The molecule has 128 valence electrons. The van der Waals surface area contributed by atoms with Gasteiger partial charge in [0.25, 0.3) is 0 Å². The maximum absolute atomic E-state index is 11.7. The quantitative estimate of drug-likeness (QED) is 0.782. The summed E-state index contributed by atoms with van der Waals surface area (Å²) in [5.41, 5.74) is 3.82. The van der Waals surface area contributed by atoms with E-state index in [1.54, 1.807) is 13.1 Å². The molecule has 0 aliphatic carbocycles. The fourth-order valence-electron chi connectivity index (χ4n) is 2.81. The van der Waals surface area contributed by atoms with Gasteiger partial charge in [-0.3, -0.25) is 14.7 Å². The molecule has 3 nitrogen and oxygen atoms in total. The summed E-state index contributed by atoms with van der Waals surface area (Å²) < 4.78 is 0. The smallest absolute Gasteiger partial charge is 0.143 e. The van der Waals surface area contributed by atoms with Gasteiger partial charge < -0.3 is 0 Å². The zero-order valence-corrected chi connectivity index (χ0v) is 15.4. The van der Waals surface area contributed by atoms with E-state index < -0.39 is 0 Å². The van der Waals surface area contributed by atoms with Crippen LogP contribution in [0.3, 0.4) is 0 Å². The van der Waals surface area contributed by atoms with Crippen molar-refractivity contribution in [3.63, 3.8) is 0 Å². The molecule has 0 aliphatic heterocycles. The number of rotatable bonds is 6. The summed E-state index contributed by atoms with van der Waals surface area (Å²) >= 11 is 0. The van der Waals surface area contributed by atoms with Gasteiger partial charge in [0.15, 0.2) is 0 Å². The summed E-state index contributed by atoms with van der Waals surface area (Å²) in [5.74, 6) is 0.178. The van der Waals surface area contributed by atoms with Gasteiger partial charge in [0.1, 0.15) is 5.78 Å². The Kier molecular flexibility index (Phi) is 5.89. The molecule has 0 saturated carbocycles. The number of pyridine rings is 1. The van der Waals surface area contributed by atoms with Crippen LogP contribution in [-0.2, 0) is 16.8 Å². The van der Waals surface area contributed by atoms with E-state index in [0.717, 1.165) is 12.1 Å². The van der Waals surface area contributed by atoms with Crippen molar-refractivity contribution in [2.45, 2.75) is 52.6 Å². The number of hydrogen-bond donors (Lipinski definition) is 0. The van der Waals surface area contributed by atoms with E-state index in [1.807, 2.05) is 12.3 Å². The van der Waals surface area contributed by atoms with Crippen molar-refractivity contribution in [3.8, 4) is 0 Å². The highest BCUT2D eigenvalue weighted by Crippen LogP contribution is 2.26. The summed E-state index contributed by atoms with van der Waals surface area (Å²) in [6, 6.07) is 12.9. The zero-order chi connectivity index (χ0) is 17.7. The highest BCUT2D eigenvalue weighted by Gasteiger charge is 2.19. The predicted octanol–water partition coefficient (Wildman–Crippen LogP) is 4.53. The summed E-state index contributed by atoms with van der Waals surface area (Å²) in [5, 5.41) is 0. The zero-order valence-electron chi connectivity index (χ0n) is 15.4. The molecule has 0 saturated heterocycles. The van der Waals surface area contributed by atoms with E-state index in [9.17, 15) is 4.79 Å². The standard InChI is InChI=1S/C21H28N2O/c1-16(24)14-23(15-18-7-6-12-22-13-18)17(2)19-8-10-20(11-9-19)21(3,4)5/h6-13,17H,14-15H2,1-5H3. The molecule has 0 aliphatic rings. The fourth-order valence-corrected chi connectivity index (χ4v) is 2.81. The second kappa shape index (κ2) is 7.71. The van der Waals surface area contributed by atoms with Crippen molar-refractivity contribution in [3.05, 3.63) is 65.5 Å². The number of aromatic nitrogens is 1. The monoisotopic (exact) mass is 324 g/mol. The van der Waals surface area contributed by atoms with Gasteiger partial charge in [-0.05, 0) is 42.0 Å². The molecular formula is C21H28N2O. The molecule has 24 heavy (non-hydrogen) atoms. The highest BCUT2D eigenvalue weighted by molar-refractivity contribution is 5.77. The van der Waals surface area contributed by atoms with E-state index in [-0.39, 0.29) is 17.2 Å². The van der Waals surface area contributed by atoms with Crippen molar-refractivity contribution in [2.24, 2.45) is 0 Å². The van der Waals surface area contributed by atoms with Crippen LogP contribution in [0.25, 0.3) is 0 Å². The van der Waals surface area contributed by atoms with Gasteiger partial charge in [-0.1, -0.05) is 51.1 Å². The summed E-state index contributed by atoms with van der Waals surface area (Å²) in [6.45, 7) is 11.6. The number of Topliss-reactive ketones (excluding diaryl/α,β-unsaturated/α-hetero) is 1. The first-order valence-electron chi connectivity index (χ1n) is 8.50. The van der Waals surface area contributed by atoms with Crippen LogP contribution in [0.5, 0.6) is 0 Å². The summed E-state index contributed by atoms with van der Waals surface area (Å²) in [7, 11) is 0. The van der Waals surface area contributed by atoms with Crippen LogP contribution < -0.4 is 0 Å². The number of hydrogen-bond acceptors (Lipinski definition) is 3. The van der Waals surface area contributed by atoms with Crippen molar-refractivity contribution >= 4 is 5.78 Å². The number of benzene rings is 1. The Morgan fingerprint density at radius 2 is 1.83 bits per heavy atom. The fraction of sp³-hybridized carbons (Fsp3) is 0.429. The van der Waals surface area contributed by atoms with Crippen LogP contribution in [0.2, 0.25) is 0 Å². The third-order valence-electron chi connectivity index (χ3n) is 4.34. The van der Waals surface area contributed by atoms with Crippen LogP contribution in [0, 0.1) is 0 Å².